The second kappa shape index (κ2) is 10.7. The number of rotatable bonds is 9. The maximum Gasteiger partial charge on any atom is 0.274 e. The Kier molecular flexibility index (Phi) is 7.71. The van der Waals surface area contributed by atoms with Crippen LogP contribution in [0.15, 0.2) is 59.1 Å². The third-order valence-electron chi connectivity index (χ3n) is 5.31. The monoisotopic (exact) mass is 451 g/mol. The van der Waals surface area contributed by atoms with E-state index >= 15 is 0 Å². The molecule has 2 amide bonds. The van der Waals surface area contributed by atoms with Crippen molar-refractivity contribution in [2.24, 2.45) is 5.92 Å². The molecule has 2 aromatic carbocycles. The minimum Gasteiger partial charge on any atom is -0.497 e. The highest BCUT2D eigenvalue weighted by Crippen LogP contribution is 2.33. The van der Waals surface area contributed by atoms with E-state index in [0.717, 1.165) is 5.56 Å². The summed E-state index contributed by atoms with van der Waals surface area (Å²) < 4.78 is 16.0. The molecule has 1 aromatic heterocycles. The lowest BCUT2D eigenvalue weighted by Gasteiger charge is -2.23. The van der Waals surface area contributed by atoms with Gasteiger partial charge in [0.2, 0.25) is 5.91 Å². The first-order valence-electron chi connectivity index (χ1n) is 10.7. The molecule has 8 nitrogen and oxygen atoms in total. The molecule has 2 N–H and O–H groups in total. The molecule has 0 radical (unpaired) electrons. The Hall–Kier alpha value is -3.81. The number of nitrogens with one attached hydrogen (secondary N) is 2. The van der Waals surface area contributed by atoms with Gasteiger partial charge in [0.15, 0.2) is 11.5 Å². The molecule has 0 bridgehead atoms. The first-order chi connectivity index (χ1) is 15.8. The van der Waals surface area contributed by atoms with Crippen LogP contribution in [0.3, 0.4) is 0 Å². The summed E-state index contributed by atoms with van der Waals surface area (Å²) in [6, 6.07) is 15.4. The second-order valence-corrected chi connectivity index (χ2v) is 7.98. The van der Waals surface area contributed by atoms with E-state index in [9.17, 15) is 9.59 Å². The Balaban J connectivity index is 1.73. The van der Waals surface area contributed by atoms with Crippen molar-refractivity contribution in [2.45, 2.75) is 32.9 Å². The third-order valence-corrected chi connectivity index (χ3v) is 5.31. The molecule has 0 saturated heterocycles. The molecule has 2 atom stereocenters. The van der Waals surface area contributed by atoms with Gasteiger partial charge in [-0.3, -0.25) is 9.59 Å². The van der Waals surface area contributed by atoms with Crippen molar-refractivity contribution in [1.82, 2.24) is 15.8 Å². The number of carbonyl (C=O) groups is 2. The average Bonchev–Trinajstić information content (AvgIpc) is 3.32. The number of nitrogens with zero attached hydrogens (tertiary/aromatic N) is 1. The summed E-state index contributed by atoms with van der Waals surface area (Å²) >= 11 is 0. The molecule has 0 saturated carbocycles. The van der Waals surface area contributed by atoms with Gasteiger partial charge in [-0.05, 0) is 30.5 Å². The number of hydrogen-bond donors (Lipinski definition) is 2. The summed E-state index contributed by atoms with van der Waals surface area (Å²) in [5.74, 6) is 0.609. The van der Waals surface area contributed by atoms with Gasteiger partial charge in [-0.25, -0.2) is 0 Å². The molecule has 33 heavy (non-hydrogen) atoms. The van der Waals surface area contributed by atoms with E-state index in [1.807, 2.05) is 51.1 Å². The van der Waals surface area contributed by atoms with Gasteiger partial charge in [0, 0.05) is 12.1 Å². The van der Waals surface area contributed by atoms with Crippen molar-refractivity contribution >= 4 is 11.8 Å². The smallest absolute Gasteiger partial charge is 0.274 e. The van der Waals surface area contributed by atoms with Gasteiger partial charge >= 0.3 is 0 Å². The van der Waals surface area contributed by atoms with Crippen molar-refractivity contribution < 1.29 is 23.6 Å². The molecular weight excluding hydrogens is 422 g/mol. The fourth-order valence-corrected chi connectivity index (χ4v) is 3.39. The predicted molar refractivity (Wildman–Crippen MR) is 124 cm³/mol. The van der Waals surface area contributed by atoms with Crippen LogP contribution in [0.1, 0.15) is 42.9 Å². The quantitative estimate of drug-likeness (QED) is 0.510. The molecular formula is C25H29N3O5. The van der Waals surface area contributed by atoms with Gasteiger partial charge < -0.3 is 24.6 Å². The van der Waals surface area contributed by atoms with Crippen LogP contribution < -0.4 is 20.1 Å². The molecule has 3 rings (SSSR count). The molecule has 0 aliphatic heterocycles. The van der Waals surface area contributed by atoms with Crippen LogP contribution >= 0.6 is 0 Å². The first kappa shape index (κ1) is 23.8. The molecule has 0 spiro atoms. The largest absolute Gasteiger partial charge is 0.497 e. The highest BCUT2D eigenvalue weighted by Gasteiger charge is 2.27. The molecule has 3 aromatic rings. The van der Waals surface area contributed by atoms with Gasteiger partial charge in [-0.1, -0.05) is 49.3 Å². The Bertz CT molecular complexity index is 1090. The number of amides is 2. The molecule has 0 fully saturated rings. The van der Waals surface area contributed by atoms with Crippen molar-refractivity contribution in [1.29, 1.82) is 0 Å². The number of ether oxygens (including phenoxy) is 2. The van der Waals surface area contributed by atoms with Crippen molar-refractivity contribution in [2.75, 3.05) is 14.2 Å². The Labute approximate surface area is 193 Å². The first-order valence-corrected chi connectivity index (χ1v) is 10.7. The summed E-state index contributed by atoms with van der Waals surface area (Å²) in [6.45, 7) is 5.64. The van der Waals surface area contributed by atoms with Crippen molar-refractivity contribution in [3.05, 3.63) is 65.9 Å². The van der Waals surface area contributed by atoms with E-state index in [2.05, 4.69) is 15.8 Å². The average molecular weight is 452 g/mol. The zero-order chi connectivity index (χ0) is 24.0. The number of aromatic nitrogens is 1. The van der Waals surface area contributed by atoms with Crippen LogP contribution in [0, 0.1) is 5.92 Å². The molecule has 8 heteroatoms. The van der Waals surface area contributed by atoms with E-state index in [1.165, 1.54) is 13.2 Å². The number of methoxy groups -OCH3 is 2. The fraction of sp³-hybridized carbons (Fsp3) is 0.320. The number of carbonyl (C=O) groups excluding carboxylic acids is 2. The lowest BCUT2D eigenvalue weighted by Crippen LogP contribution is -2.50. The van der Waals surface area contributed by atoms with Crippen LogP contribution in [-0.2, 0) is 4.79 Å². The molecule has 174 valence electrons. The fourth-order valence-electron chi connectivity index (χ4n) is 3.39. The van der Waals surface area contributed by atoms with Gasteiger partial charge in [-0.15, -0.1) is 0 Å². The number of benzene rings is 2. The van der Waals surface area contributed by atoms with Gasteiger partial charge in [0.05, 0.1) is 25.8 Å². The van der Waals surface area contributed by atoms with Crippen LogP contribution in [0.4, 0.5) is 0 Å². The van der Waals surface area contributed by atoms with Gasteiger partial charge in [0.1, 0.15) is 17.5 Å². The Morgan fingerprint density at radius 1 is 0.939 bits per heavy atom. The molecule has 0 aliphatic carbocycles. The SMILES string of the molecule is COc1ccc(-c2cc(C(=O)N[C@H](C(=O)N[C@H](C)c3ccccc3)C(C)C)no2)c(OC)c1. The summed E-state index contributed by atoms with van der Waals surface area (Å²) in [4.78, 5) is 25.8. The third kappa shape index (κ3) is 5.71. The summed E-state index contributed by atoms with van der Waals surface area (Å²) in [5.41, 5.74) is 1.67. The van der Waals surface area contributed by atoms with Crippen LogP contribution in [0.5, 0.6) is 11.5 Å². The van der Waals surface area contributed by atoms with E-state index < -0.39 is 11.9 Å². The van der Waals surface area contributed by atoms with E-state index in [4.69, 9.17) is 14.0 Å². The molecule has 0 unspecified atom stereocenters. The minimum atomic E-state index is -0.737. The lowest BCUT2D eigenvalue weighted by molar-refractivity contribution is -0.124. The summed E-state index contributed by atoms with van der Waals surface area (Å²) in [6.07, 6.45) is 0. The van der Waals surface area contributed by atoms with Gasteiger partial charge in [0.25, 0.3) is 5.91 Å². The maximum atomic E-state index is 12.9. The lowest BCUT2D eigenvalue weighted by atomic mass is 10.0. The highest BCUT2D eigenvalue weighted by atomic mass is 16.5. The minimum absolute atomic E-state index is 0.0671. The topological polar surface area (TPSA) is 103 Å². The Morgan fingerprint density at radius 3 is 2.30 bits per heavy atom. The van der Waals surface area contributed by atoms with Crippen LogP contribution in [0.25, 0.3) is 11.3 Å². The van der Waals surface area contributed by atoms with Crippen molar-refractivity contribution in [3.63, 3.8) is 0 Å². The normalized spacial score (nSPS) is 12.7. The van der Waals surface area contributed by atoms with E-state index in [-0.39, 0.29) is 23.6 Å². The molecule has 0 aliphatic rings. The van der Waals surface area contributed by atoms with Crippen LogP contribution in [0.2, 0.25) is 0 Å². The summed E-state index contributed by atoms with van der Waals surface area (Å²) in [5, 5.41) is 9.63. The maximum absolute atomic E-state index is 12.9. The summed E-state index contributed by atoms with van der Waals surface area (Å²) in [7, 11) is 3.10. The van der Waals surface area contributed by atoms with Gasteiger partial charge in [-0.2, -0.15) is 0 Å². The Morgan fingerprint density at radius 2 is 1.67 bits per heavy atom. The van der Waals surface area contributed by atoms with Crippen LogP contribution in [-0.4, -0.2) is 37.2 Å². The molecule has 1 heterocycles. The van der Waals surface area contributed by atoms with E-state index in [1.54, 1.807) is 25.3 Å². The zero-order valence-corrected chi connectivity index (χ0v) is 19.4. The van der Waals surface area contributed by atoms with Crippen molar-refractivity contribution in [3.8, 4) is 22.8 Å². The van der Waals surface area contributed by atoms with E-state index in [0.29, 0.717) is 22.8 Å². The zero-order valence-electron chi connectivity index (χ0n) is 19.4. The number of hydrogen-bond acceptors (Lipinski definition) is 6. The predicted octanol–water partition coefficient (Wildman–Crippen LogP) is 3.99. The second-order valence-electron chi connectivity index (χ2n) is 7.98. The standard InChI is InChI=1S/C25H29N3O5/c1-15(2)23(25(30)26-16(3)17-9-7-6-8-10-17)27-24(29)20-14-22(33-28-20)19-12-11-18(31-4)13-21(19)32-5/h6-16,23H,1-5H3,(H,26,30)(H,27,29)/t16-,23+/m1/s1. The highest BCUT2D eigenvalue weighted by molar-refractivity contribution is 5.97.